The molecule has 0 saturated carbocycles. The first-order valence-corrected chi connectivity index (χ1v) is 6.29. The molecule has 1 nitrogen and oxygen atoms in total. The third kappa shape index (κ3) is 2.25. The summed E-state index contributed by atoms with van der Waals surface area (Å²) in [5.74, 6) is 0. The van der Waals surface area contributed by atoms with E-state index < -0.39 is 0 Å². The minimum absolute atomic E-state index is 0.515. The molecule has 0 aliphatic carbocycles. The molecule has 86 valence electrons. The first-order valence-electron chi connectivity index (χ1n) is 6.29. The Balaban J connectivity index is 1.75. The molecule has 2 aromatic carbocycles. The van der Waals surface area contributed by atoms with Crippen LogP contribution in [0.3, 0.4) is 0 Å². The predicted octanol–water partition coefficient (Wildman–Crippen LogP) is 3.85. The average molecular weight is 223 g/mol. The molecule has 1 saturated heterocycles. The van der Waals surface area contributed by atoms with Crippen LogP contribution in [-0.2, 0) is 0 Å². The van der Waals surface area contributed by atoms with E-state index >= 15 is 0 Å². The van der Waals surface area contributed by atoms with E-state index in [-0.39, 0.29) is 0 Å². The molecular weight excluding hydrogens is 206 g/mol. The quantitative estimate of drug-likeness (QED) is 0.815. The fourth-order valence-corrected chi connectivity index (χ4v) is 2.64. The molecular formula is C16H17N. The van der Waals surface area contributed by atoms with Crippen molar-refractivity contribution < 1.29 is 0 Å². The van der Waals surface area contributed by atoms with Crippen LogP contribution in [0.2, 0.25) is 0 Å². The Morgan fingerprint density at radius 2 is 1.06 bits per heavy atom. The Hall–Kier alpha value is -1.60. The Kier molecular flexibility index (Phi) is 2.93. The summed E-state index contributed by atoms with van der Waals surface area (Å²) in [5, 5.41) is 3.72. The van der Waals surface area contributed by atoms with Gasteiger partial charge < -0.3 is 5.32 Å². The second kappa shape index (κ2) is 4.72. The molecule has 0 amide bonds. The Morgan fingerprint density at radius 3 is 1.47 bits per heavy atom. The Morgan fingerprint density at radius 1 is 0.647 bits per heavy atom. The fourth-order valence-electron chi connectivity index (χ4n) is 2.64. The van der Waals surface area contributed by atoms with E-state index in [9.17, 15) is 0 Å². The van der Waals surface area contributed by atoms with Crippen molar-refractivity contribution in [1.29, 1.82) is 0 Å². The number of hydrogen-bond donors (Lipinski definition) is 1. The molecule has 17 heavy (non-hydrogen) atoms. The molecule has 0 bridgehead atoms. The summed E-state index contributed by atoms with van der Waals surface area (Å²) >= 11 is 0. The van der Waals surface area contributed by atoms with Gasteiger partial charge in [0.25, 0.3) is 0 Å². The van der Waals surface area contributed by atoms with Gasteiger partial charge in [-0.25, -0.2) is 0 Å². The lowest BCUT2D eigenvalue weighted by Crippen LogP contribution is -2.17. The maximum absolute atomic E-state index is 3.72. The topological polar surface area (TPSA) is 12.0 Å². The van der Waals surface area contributed by atoms with E-state index in [1.807, 2.05) is 0 Å². The molecule has 3 rings (SSSR count). The Bertz CT molecular complexity index is 418. The third-order valence-electron chi connectivity index (χ3n) is 3.55. The van der Waals surface area contributed by atoms with E-state index in [4.69, 9.17) is 0 Å². The van der Waals surface area contributed by atoms with Crippen LogP contribution in [0.1, 0.15) is 36.1 Å². The predicted molar refractivity (Wildman–Crippen MR) is 70.7 cm³/mol. The summed E-state index contributed by atoms with van der Waals surface area (Å²) in [6.07, 6.45) is 2.45. The van der Waals surface area contributed by atoms with Crippen molar-refractivity contribution in [1.82, 2.24) is 5.32 Å². The maximum Gasteiger partial charge on any atom is 0.0326 e. The maximum atomic E-state index is 3.72. The van der Waals surface area contributed by atoms with Crippen molar-refractivity contribution in [3.8, 4) is 0 Å². The fraction of sp³-hybridized carbons (Fsp3) is 0.250. The van der Waals surface area contributed by atoms with Gasteiger partial charge in [-0.05, 0) is 24.0 Å². The molecule has 1 aliphatic heterocycles. The molecule has 2 aromatic rings. The summed E-state index contributed by atoms with van der Waals surface area (Å²) in [6, 6.07) is 22.5. The minimum Gasteiger partial charge on any atom is -0.303 e. The van der Waals surface area contributed by atoms with Crippen LogP contribution in [0.25, 0.3) is 0 Å². The molecule has 2 atom stereocenters. The van der Waals surface area contributed by atoms with Gasteiger partial charge in [-0.2, -0.15) is 0 Å². The van der Waals surface area contributed by atoms with Crippen LogP contribution < -0.4 is 5.32 Å². The van der Waals surface area contributed by atoms with E-state index in [0.29, 0.717) is 12.1 Å². The highest BCUT2D eigenvalue weighted by molar-refractivity contribution is 5.24. The molecule has 0 spiro atoms. The van der Waals surface area contributed by atoms with Crippen LogP contribution in [-0.4, -0.2) is 0 Å². The van der Waals surface area contributed by atoms with E-state index in [0.717, 1.165) is 0 Å². The summed E-state index contributed by atoms with van der Waals surface area (Å²) in [4.78, 5) is 0. The second-order valence-corrected chi connectivity index (χ2v) is 4.67. The highest BCUT2D eigenvalue weighted by atomic mass is 15.0. The van der Waals surface area contributed by atoms with Gasteiger partial charge in [-0.1, -0.05) is 60.7 Å². The number of nitrogens with one attached hydrogen (secondary N) is 1. The van der Waals surface area contributed by atoms with Crippen LogP contribution in [0.15, 0.2) is 60.7 Å². The van der Waals surface area contributed by atoms with Gasteiger partial charge in [0.1, 0.15) is 0 Å². The van der Waals surface area contributed by atoms with Gasteiger partial charge in [0.2, 0.25) is 0 Å². The van der Waals surface area contributed by atoms with E-state index in [1.54, 1.807) is 0 Å². The normalized spacial score (nSPS) is 23.8. The molecule has 1 unspecified atom stereocenters. The summed E-state index contributed by atoms with van der Waals surface area (Å²) < 4.78 is 0. The lowest BCUT2D eigenvalue weighted by atomic mass is 10.0. The number of rotatable bonds is 2. The lowest BCUT2D eigenvalue weighted by molar-refractivity contribution is 0.574. The van der Waals surface area contributed by atoms with Crippen LogP contribution in [0.5, 0.6) is 0 Å². The van der Waals surface area contributed by atoms with Crippen molar-refractivity contribution in [2.75, 3.05) is 0 Å². The van der Waals surface area contributed by atoms with Crippen molar-refractivity contribution in [3.63, 3.8) is 0 Å². The van der Waals surface area contributed by atoms with E-state index in [2.05, 4.69) is 66.0 Å². The van der Waals surface area contributed by atoms with Gasteiger partial charge in [0.05, 0.1) is 0 Å². The third-order valence-corrected chi connectivity index (χ3v) is 3.55. The SMILES string of the molecule is c1ccc(C2CC[C@H](c3ccccc3)N2)cc1. The molecule has 0 aromatic heterocycles. The lowest BCUT2D eigenvalue weighted by Gasteiger charge is -2.14. The molecule has 1 N–H and O–H groups in total. The molecule has 1 heteroatoms. The van der Waals surface area contributed by atoms with Gasteiger partial charge in [0.15, 0.2) is 0 Å². The van der Waals surface area contributed by atoms with Crippen molar-refractivity contribution >= 4 is 0 Å². The highest BCUT2D eigenvalue weighted by Gasteiger charge is 2.25. The first kappa shape index (κ1) is 10.5. The van der Waals surface area contributed by atoms with E-state index in [1.165, 1.54) is 24.0 Å². The first-order chi connectivity index (χ1) is 8.43. The van der Waals surface area contributed by atoms with Gasteiger partial charge in [-0.3, -0.25) is 0 Å². The summed E-state index contributed by atoms with van der Waals surface area (Å²) in [5.41, 5.74) is 2.82. The average Bonchev–Trinajstić information content (AvgIpc) is 2.90. The largest absolute Gasteiger partial charge is 0.303 e. The van der Waals surface area contributed by atoms with Crippen LogP contribution in [0, 0.1) is 0 Å². The Labute approximate surface area is 102 Å². The standard InChI is InChI=1S/C16H17N/c1-3-7-13(8-4-1)15-11-12-16(17-15)14-9-5-2-6-10-14/h1-10,15-17H,11-12H2/t15-,16?/m1/s1. The van der Waals surface area contributed by atoms with Gasteiger partial charge >= 0.3 is 0 Å². The number of benzene rings is 2. The monoisotopic (exact) mass is 223 g/mol. The smallest absolute Gasteiger partial charge is 0.0326 e. The van der Waals surface area contributed by atoms with Crippen LogP contribution in [0.4, 0.5) is 0 Å². The highest BCUT2D eigenvalue weighted by Crippen LogP contribution is 2.33. The minimum atomic E-state index is 0.515. The summed E-state index contributed by atoms with van der Waals surface area (Å²) in [7, 11) is 0. The van der Waals surface area contributed by atoms with Crippen molar-refractivity contribution in [2.45, 2.75) is 24.9 Å². The molecule has 1 heterocycles. The molecule has 1 aliphatic rings. The molecule has 0 radical (unpaired) electrons. The van der Waals surface area contributed by atoms with Gasteiger partial charge in [-0.15, -0.1) is 0 Å². The molecule has 1 fully saturated rings. The number of hydrogen-bond acceptors (Lipinski definition) is 1. The summed E-state index contributed by atoms with van der Waals surface area (Å²) in [6.45, 7) is 0. The zero-order valence-electron chi connectivity index (χ0n) is 9.84. The second-order valence-electron chi connectivity index (χ2n) is 4.67. The van der Waals surface area contributed by atoms with Crippen molar-refractivity contribution in [2.24, 2.45) is 0 Å². The van der Waals surface area contributed by atoms with Crippen molar-refractivity contribution in [3.05, 3.63) is 71.8 Å². The van der Waals surface area contributed by atoms with Gasteiger partial charge in [0, 0.05) is 12.1 Å². The zero-order chi connectivity index (χ0) is 11.5. The zero-order valence-corrected chi connectivity index (χ0v) is 9.84. The van der Waals surface area contributed by atoms with Crippen LogP contribution >= 0.6 is 0 Å².